The van der Waals surface area contributed by atoms with Gasteiger partial charge >= 0.3 is 5.97 Å². The van der Waals surface area contributed by atoms with Crippen LogP contribution in [0.5, 0.6) is 0 Å². The standard InChI is InChI=1S/C20H15N5O4/c26-18(22-16-9-3-8-15-13(16)6-4-10-21-15)12-29-19(27)11-25-20(28)14-5-1-2-7-17(14)23-24-25/h1-10H,11-12H2,(H,22,26). The van der Waals surface area contributed by atoms with Gasteiger partial charge in [0.25, 0.3) is 11.5 Å². The van der Waals surface area contributed by atoms with Gasteiger partial charge in [-0.15, -0.1) is 5.10 Å². The van der Waals surface area contributed by atoms with Crippen LogP contribution >= 0.6 is 0 Å². The van der Waals surface area contributed by atoms with Crippen molar-refractivity contribution in [2.24, 2.45) is 0 Å². The smallest absolute Gasteiger partial charge is 0.328 e. The fourth-order valence-corrected chi connectivity index (χ4v) is 2.84. The van der Waals surface area contributed by atoms with Crippen LogP contribution < -0.4 is 10.9 Å². The molecule has 2 aromatic heterocycles. The van der Waals surface area contributed by atoms with Crippen LogP contribution in [0.15, 0.2) is 65.6 Å². The zero-order valence-electron chi connectivity index (χ0n) is 15.1. The third kappa shape index (κ3) is 3.93. The molecule has 0 saturated heterocycles. The Bertz CT molecular complexity index is 1280. The highest BCUT2D eigenvalue weighted by Crippen LogP contribution is 2.21. The second-order valence-electron chi connectivity index (χ2n) is 6.15. The molecule has 0 saturated carbocycles. The molecule has 0 fully saturated rings. The minimum Gasteiger partial charge on any atom is -0.454 e. The van der Waals surface area contributed by atoms with Crippen molar-refractivity contribution >= 4 is 39.4 Å². The number of benzene rings is 2. The van der Waals surface area contributed by atoms with Crippen molar-refractivity contribution in [3.8, 4) is 0 Å². The number of esters is 1. The number of pyridine rings is 1. The summed E-state index contributed by atoms with van der Waals surface area (Å²) < 4.78 is 5.87. The van der Waals surface area contributed by atoms with E-state index in [1.54, 1.807) is 48.7 Å². The molecule has 2 heterocycles. The first-order valence-electron chi connectivity index (χ1n) is 8.73. The minimum atomic E-state index is -0.772. The molecular weight excluding hydrogens is 374 g/mol. The molecule has 4 rings (SSSR count). The Morgan fingerprint density at radius 2 is 1.76 bits per heavy atom. The normalized spacial score (nSPS) is 10.8. The average Bonchev–Trinajstić information content (AvgIpc) is 2.75. The first-order chi connectivity index (χ1) is 14.1. The summed E-state index contributed by atoms with van der Waals surface area (Å²) in [5.74, 6) is -1.28. The third-order valence-electron chi connectivity index (χ3n) is 4.19. The molecule has 0 atom stereocenters. The number of amides is 1. The number of nitrogens with one attached hydrogen (secondary N) is 1. The lowest BCUT2D eigenvalue weighted by Crippen LogP contribution is -2.30. The summed E-state index contributed by atoms with van der Waals surface area (Å²) in [6, 6.07) is 15.6. The fraction of sp³-hybridized carbons (Fsp3) is 0.100. The van der Waals surface area contributed by atoms with Gasteiger partial charge in [0.1, 0.15) is 12.1 Å². The molecule has 1 amide bonds. The number of hydrogen-bond acceptors (Lipinski definition) is 7. The van der Waals surface area contributed by atoms with Gasteiger partial charge in [0.2, 0.25) is 0 Å². The molecule has 4 aromatic rings. The maximum absolute atomic E-state index is 12.3. The molecule has 9 heteroatoms. The summed E-state index contributed by atoms with van der Waals surface area (Å²) in [5.41, 5.74) is 1.27. The zero-order valence-corrected chi connectivity index (χ0v) is 15.1. The number of ether oxygens (including phenoxy) is 1. The molecule has 0 aliphatic heterocycles. The highest BCUT2D eigenvalue weighted by Gasteiger charge is 2.13. The molecule has 0 bridgehead atoms. The molecule has 144 valence electrons. The molecule has 0 aliphatic rings. The predicted molar refractivity (Wildman–Crippen MR) is 105 cm³/mol. The number of anilines is 1. The van der Waals surface area contributed by atoms with E-state index in [0.717, 1.165) is 15.6 Å². The molecule has 1 N–H and O–H groups in total. The van der Waals surface area contributed by atoms with Crippen molar-refractivity contribution in [2.75, 3.05) is 11.9 Å². The number of rotatable bonds is 5. The predicted octanol–water partition coefficient (Wildman–Crippen LogP) is 1.52. The van der Waals surface area contributed by atoms with Crippen LogP contribution in [-0.4, -0.2) is 38.5 Å². The quantitative estimate of drug-likeness (QED) is 0.515. The van der Waals surface area contributed by atoms with Crippen LogP contribution in [0.4, 0.5) is 5.69 Å². The van der Waals surface area contributed by atoms with E-state index in [1.807, 2.05) is 12.1 Å². The minimum absolute atomic E-state index is 0.345. The summed E-state index contributed by atoms with van der Waals surface area (Å²) in [4.78, 5) is 40.7. The largest absolute Gasteiger partial charge is 0.454 e. The monoisotopic (exact) mass is 389 g/mol. The number of hydrogen-bond donors (Lipinski definition) is 1. The van der Waals surface area contributed by atoms with Crippen LogP contribution in [0.25, 0.3) is 21.8 Å². The lowest BCUT2D eigenvalue weighted by Gasteiger charge is -2.09. The fourth-order valence-electron chi connectivity index (χ4n) is 2.84. The number of aromatic nitrogens is 4. The van der Waals surface area contributed by atoms with E-state index >= 15 is 0 Å². The number of nitrogens with zero attached hydrogens (tertiary/aromatic N) is 4. The first kappa shape index (κ1) is 18.2. The average molecular weight is 389 g/mol. The number of carbonyl (C=O) groups is 2. The summed E-state index contributed by atoms with van der Waals surface area (Å²) in [7, 11) is 0. The molecule has 0 spiro atoms. The summed E-state index contributed by atoms with van der Waals surface area (Å²) in [5, 5.41) is 11.4. The van der Waals surface area contributed by atoms with Gasteiger partial charge in [-0.05, 0) is 36.4 Å². The van der Waals surface area contributed by atoms with Crippen LogP contribution in [0.3, 0.4) is 0 Å². The SMILES string of the molecule is O=C(COC(=O)Cn1nnc2ccccc2c1=O)Nc1cccc2ncccc12. The number of carbonyl (C=O) groups excluding carboxylic acids is 2. The van der Waals surface area contributed by atoms with Crippen molar-refractivity contribution in [3.05, 3.63) is 71.1 Å². The Balaban J connectivity index is 1.39. The van der Waals surface area contributed by atoms with Gasteiger partial charge < -0.3 is 10.1 Å². The van der Waals surface area contributed by atoms with Crippen molar-refractivity contribution in [3.63, 3.8) is 0 Å². The van der Waals surface area contributed by atoms with Crippen LogP contribution in [0, 0.1) is 0 Å². The van der Waals surface area contributed by atoms with E-state index in [-0.39, 0.29) is 0 Å². The van der Waals surface area contributed by atoms with Crippen molar-refractivity contribution in [1.29, 1.82) is 0 Å². The van der Waals surface area contributed by atoms with E-state index in [1.165, 1.54) is 0 Å². The van der Waals surface area contributed by atoms with Gasteiger partial charge in [-0.3, -0.25) is 19.4 Å². The lowest BCUT2D eigenvalue weighted by atomic mass is 10.2. The van der Waals surface area contributed by atoms with Gasteiger partial charge in [-0.25, -0.2) is 0 Å². The maximum Gasteiger partial charge on any atom is 0.328 e. The molecular formula is C20H15N5O4. The van der Waals surface area contributed by atoms with E-state index < -0.39 is 30.6 Å². The Hall–Kier alpha value is -4.14. The van der Waals surface area contributed by atoms with Gasteiger partial charge in [-0.2, -0.15) is 4.68 Å². The molecule has 29 heavy (non-hydrogen) atoms. The van der Waals surface area contributed by atoms with E-state index in [9.17, 15) is 14.4 Å². The Morgan fingerprint density at radius 3 is 2.66 bits per heavy atom. The van der Waals surface area contributed by atoms with E-state index in [2.05, 4.69) is 20.6 Å². The summed E-state index contributed by atoms with van der Waals surface area (Å²) >= 11 is 0. The molecule has 0 aliphatic carbocycles. The zero-order chi connectivity index (χ0) is 20.2. The molecule has 0 unspecified atom stereocenters. The first-order valence-corrected chi connectivity index (χ1v) is 8.73. The number of fused-ring (bicyclic) bond motifs is 2. The van der Waals surface area contributed by atoms with E-state index in [4.69, 9.17) is 4.74 Å². The molecule has 0 radical (unpaired) electrons. The Kier molecular flexibility index (Phi) is 4.93. The topological polar surface area (TPSA) is 116 Å². The van der Waals surface area contributed by atoms with Gasteiger partial charge in [0, 0.05) is 11.6 Å². The van der Waals surface area contributed by atoms with Crippen LogP contribution in [0.1, 0.15) is 0 Å². The van der Waals surface area contributed by atoms with E-state index in [0.29, 0.717) is 16.6 Å². The van der Waals surface area contributed by atoms with Crippen molar-refractivity contribution in [1.82, 2.24) is 20.0 Å². The van der Waals surface area contributed by atoms with Crippen molar-refractivity contribution < 1.29 is 14.3 Å². The highest BCUT2D eigenvalue weighted by molar-refractivity contribution is 6.01. The Morgan fingerprint density at radius 1 is 0.966 bits per heavy atom. The summed E-state index contributed by atoms with van der Waals surface area (Å²) in [6.45, 7) is -0.937. The van der Waals surface area contributed by atoms with Crippen LogP contribution in [0.2, 0.25) is 0 Å². The van der Waals surface area contributed by atoms with Gasteiger partial charge in [0.15, 0.2) is 6.61 Å². The Labute approximate surface area is 163 Å². The second kappa shape index (κ2) is 7.85. The van der Waals surface area contributed by atoms with Crippen molar-refractivity contribution in [2.45, 2.75) is 6.54 Å². The molecule has 9 nitrogen and oxygen atoms in total. The second-order valence-corrected chi connectivity index (χ2v) is 6.15. The highest BCUT2D eigenvalue weighted by atomic mass is 16.5. The molecule has 2 aromatic carbocycles. The summed E-state index contributed by atoms with van der Waals surface area (Å²) in [6.07, 6.45) is 1.66. The van der Waals surface area contributed by atoms with Gasteiger partial charge in [0.05, 0.1) is 16.6 Å². The maximum atomic E-state index is 12.3. The lowest BCUT2D eigenvalue weighted by molar-refractivity contribution is -0.148. The van der Waals surface area contributed by atoms with Gasteiger partial charge in [-0.1, -0.05) is 23.4 Å². The third-order valence-corrected chi connectivity index (χ3v) is 4.19. The van der Waals surface area contributed by atoms with Crippen LogP contribution in [-0.2, 0) is 20.9 Å².